The molecule has 0 aliphatic carbocycles. The van der Waals surface area contributed by atoms with E-state index in [-0.39, 0.29) is 11.3 Å². The van der Waals surface area contributed by atoms with E-state index in [0.29, 0.717) is 35.5 Å². The van der Waals surface area contributed by atoms with Crippen LogP contribution in [-0.2, 0) is 0 Å². The average molecular weight is 538 g/mol. The number of fused-ring (bicyclic) bond motifs is 1. The van der Waals surface area contributed by atoms with E-state index < -0.39 is 17.1 Å². The zero-order valence-electron chi connectivity index (χ0n) is 21.7. The van der Waals surface area contributed by atoms with E-state index in [0.717, 1.165) is 34.6 Å². The Hall–Kier alpha value is -5.32. The summed E-state index contributed by atoms with van der Waals surface area (Å²) >= 11 is 0. The molecular formula is C29H27N7O4. The van der Waals surface area contributed by atoms with Crippen LogP contribution in [0.2, 0.25) is 0 Å². The summed E-state index contributed by atoms with van der Waals surface area (Å²) in [7, 11) is 0. The number of nitrogens with zero attached hydrogens (tertiary/aromatic N) is 4. The predicted molar refractivity (Wildman–Crippen MR) is 156 cm³/mol. The van der Waals surface area contributed by atoms with Crippen LogP contribution in [0, 0.1) is 6.92 Å². The second-order valence-corrected chi connectivity index (χ2v) is 9.65. The molecule has 1 fully saturated rings. The fourth-order valence-electron chi connectivity index (χ4n) is 5.09. The van der Waals surface area contributed by atoms with Gasteiger partial charge < -0.3 is 24.9 Å². The molecule has 11 heteroatoms. The summed E-state index contributed by atoms with van der Waals surface area (Å²) in [6.45, 7) is 4.80. The second-order valence-electron chi connectivity index (χ2n) is 9.65. The third-order valence-electron chi connectivity index (χ3n) is 7.16. The van der Waals surface area contributed by atoms with Gasteiger partial charge in [-0.3, -0.25) is 14.8 Å². The third kappa shape index (κ3) is 4.57. The van der Waals surface area contributed by atoms with Gasteiger partial charge in [0.15, 0.2) is 0 Å². The van der Waals surface area contributed by atoms with Crippen molar-refractivity contribution in [3.8, 4) is 11.6 Å². The number of aromatic amines is 3. The summed E-state index contributed by atoms with van der Waals surface area (Å²) in [5, 5.41) is 11.0. The number of nitrogens with one attached hydrogen (secondary N) is 3. The van der Waals surface area contributed by atoms with Crippen LogP contribution in [0.3, 0.4) is 0 Å². The van der Waals surface area contributed by atoms with Gasteiger partial charge in [0.05, 0.1) is 28.1 Å². The highest BCUT2D eigenvalue weighted by Gasteiger charge is 2.21. The molecule has 4 N–H and O–H groups in total. The van der Waals surface area contributed by atoms with Crippen LogP contribution in [0.15, 0.2) is 86.1 Å². The first-order chi connectivity index (χ1) is 19.4. The van der Waals surface area contributed by atoms with Gasteiger partial charge in [-0.2, -0.15) is 0 Å². The van der Waals surface area contributed by atoms with Crippen molar-refractivity contribution >= 4 is 34.3 Å². The Balaban J connectivity index is 1.39. The maximum atomic E-state index is 12.7. The Kier molecular flexibility index (Phi) is 6.31. The largest absolute Gasteiger partial charge is 0.493 e. The molecule has 1 saturated heterocycles. The second kappa shape index (κ2) is 10.1. The van der Waals surface area contributed by atoms with E-state index in [1.807, 2.05) is 30.3 Å². The lowest BCUT2D eigenvalue weighted by atomic mass is 10.1. The van der Waals surface area contributed by atoms with Gasteiger partial charge in [-0.05, 0) is 42.8 Å². The first-order valence-electron chi connectivity index (χ1n) is 12.9. The standard InChI is InChI=1S/C29H27N7O4/c1-18-7-5-6-10-24(18)36-27(38)20(26(37)33-29(36)40)17-30-23-15-21-22(32-28(39)31-21)16-25(23)35-13-11-34(12-14-35)19-8-3-2-4-9-19/h2-10,15-17,38H,11-14H2,1H3,(H2,31,32,39)(H,33,37,40). The number of imidazole rings is 1. The molecule has 1 aliphatic heterocycles. The van der Waals surface area contributed by atoms with Gasteiger partial charge in [0, 0.05) is 38.1 Å². The van der Waals surface area contributed by atoms with E-state index in [2.05, 4.69) is 41.9 Å². The quantitative estimate of drug-likeness (QED) is 0.254. The van der Waals surface area contributed by atoms with Gasteiger partial charge in [0.1, 0.15) is 5.56 Å². The number of hydrogen-bond acceptors (Lipinski definition) is 7. The van der Waals surface area contributed by atoms with Gasteiger partial charge >= 0.3 is 11.4 Å². The third-order valence-corrected chi connectivity index (χ3v) is 7.16. The number of rotatable bonds is 5. The molecule has 0 saturated carbocycles. The summed E-state index contributed by atoms with van der Waals surface area (Å²) in [5.74, 6) is -0.513. The van der Waals surface area contributed by atoms with E-state index in [4.69, 9.17) is 0 Å². The molecule has 1 aliphatic rings. The average Bonchev–Trinajstić information content (AvgIpc) is 3.32. The van der Waals surface area contributed by atoms with Crippen molar-refractivity contribution in [2.75, 3.05) is 36.0 Å². The van der Waals surface area contributed by atoms with Crippen LogP contribution >= 0.6 is 0 Å². The summed E-state index contributed by atoms with van der Waals surface area (Å²) in [6, 6.07) is 20.8. The summed E-state index contributed by atoms with van der Waals surface area (Å²) in [4.78, 5) is 54.3. The maximum Gasteiger partial charge on any atom is 0.335 e. The molecule has 3 aromatic carbocycles. The van der Waals surface area contributed by atoms with E-state index in [9.17, 15) is 19.5 Å². The number of anilines is 2. The van der Waals surface area contributed by atoms with Gasteiger partial charge in [-0.1, -0.05) is 36.4 Å². The minimum atomic E-state index is -0.759. The van der Waals surface area contributed by atoms with Crippen LogP contribution in [0.25, 0.3) is 16.7 Å². The molecule has 0 atom stereocenters. The van der Waals surface area contributed by atoms with Gasteiger partial charge in [-0.15, -0.1) is 0 Å². The molecule has 0 spiro atoms. The molecule has 0 amide bonds. The lowest BCUT2D eigenvalue weighted by Gasteiger charge is -2.37. The van der Waals surface area contributed by atoms with Crippen molar-refractivity contribution in [1.82, 2.24) is 19.5 Å². The molecule has 202 valence electrons. The first-order valence-corrected chi connectivity index (χ1v) is 12.9. The van der Waals surface area contributed by atoms with Crippen molar-refractivity contribution < 1.29 is 5.11 Å². The normalized spacial score (nSPS) is 13.9. The van der Waals surface area contributed by atoms with Crippen molar-refractivity contribution in [1.29, 1.82) is 0 Å². The van der Waals surface area contributed by atoms with Crippen LogP contribution < -0.4 is 26.7 Å². The van der Waals surface area contributed by atoms with Gasteiger partial charge in [0.2, 0.25) is 5.88 Å². The van der Waals surface area contributed by atoms with Crippen LogP contribution in [-0.4, -0.2) is 57.0 Å². The highest BCUT2D eigenvalue weighted by Crippen LogP contribution is 2.33. The van der Waals surface area contributed by atoms with Crippen molar-refractivity contribution in [3.63, 3.8) is 0 Å². The summed E-state index contributed by atoms with van der Waals surface area (Å²) in [6.07, 6.45) is 1.25. The number of benzene rings is 3. The summed E-state index contributed by atoms with van der Waals surface area (Å²) in [5.41, 5.74) is 2.81. The van der Waals surface area contributed by atoms with Gasteiger partial charge in [-0.25, -0.2) is 14.2 Å². The number of hydrogen-bond donors (Lipinski definition) is 4. The Bertz CT molecular complexity index is 1910. The molecule has 0 radical (unpaired) electrons. The number of aromatic nitrogens is 4. The van der Waals surface area contributed by atoms with Crippen LogP contribution in [0.5, 0.6) is 5.88 Å². The number of para-hydroxylation sites is 2. The van der Waals surface area contributed by atoms with Crippen LogP contribution in [0.4, 0.5) is 17.1 Å². The molecule has 40 heavy (non-hydrogen) atoms. The van der Waals surface area contributed by atoms with Crippen molar-refractivity contribution in [2.45, 2.75) is 6.92 Å². The SMILES string of the molecule is Cc1ccccc1-n1c(O)c(C=Nc2cc3[nH]c(=O)[nH]c3cc2N2CCN(c3ccccc3)CC2)c(=O)[nH]c1=O. The molecular weight excluding hydrogens is 510 g/mol. The lowest BCUT2D eigenvalue weighted by Crippen LogP contribution is -2.46. The molecule has 11 nitrogen and oxygen atoms in total. The Labute approximate surface area is 227 Å². The van der Waals surface area contributed by atoms with E-state index >= 15 is 0 Å². The van der Waals surface area contributed by atoms with E-state index in [1.54, 1.807) is 31.2 Å². The Morgan fingerprint density at radius 1 is 0.800 bits per heavy atom. The number of piperazine rings is 1. The van der Waals surface area contributed by atoms with Crippen LogP contribution in [0.1, 0.15) is 11.1 Å². The molecule has 0 bridgehead atoms. The molecule has 3 heterocycles. The monoisotopic (exact) mass is 537 g/mol. The highest BCUT2D eigenvalue weighted by molar-refractivity contribution is 5.91. The molecule has 6 rings (SSSR count). The highest BCUT2D eigenvalue weighted by atomic mass is 16.3. The van der Waals surface area contributed by atoms with E-state index in [1.165, 1.54) is 6.21 Å². The van der Waals surface area contributed by atoms with Crippen molar-refractivity contribution in [2.24, 2.45) is 4.99 Å². The minimum Gasteiger partial charge on any atom is -0.493 e. The van der Waals surface area contributed by atoms with Crippen molar-refractivity contribution in [3.05, 3.63) is 109 Å². The number of aryl methyl sites for hydroxylation is 1. The van der Waals surface area contributed by atoms with Gasteiger partial charge in [0.25, 0.3) is 5.56 Å². The lowest BCUT2D eigenvalue weighted by molar-refractivity contribution is 0.430. The Morgan fingerprint density at radius 3 is 2.17 bits per heavy atom. The fraction of sp³-hybridized carbons (Fsp3) is 0.172. The number of aromatic hydroxyl groups is 1. The fourth-order valence-corrected chi connectivity index (χ4v) is 5.09. The predicted octanol–water partition coefficient (Wildman–Crippen LogP) is 2.79. The first kappa shape index (κ1) is 25.0. The summed E-state index contributed by atoms with van der Waals surface area (Å²) < 4.78 is 1.05. The smallest absolute Gasteiger partial charge is 0.335 e. The number of H-pyrrole nitrogens is 3. The Morgan fingerprint density at radius 2 is 1.45 bits per heavy atom. The topological polar surface area (TPSA) is 143 Å². The molecule has 5 aromatic rings. The molecule has 0 unspecified atom stereocenters. The zero-order chi connectivity index (χ0) is 27.8. The maximum absolute atomic E-state index is 12.7. The molecule has 2 aromatic heterocycles. The minimum absolute atomic E-state index is 0.162. The zero-order valence-corrected chi connectivity index (χ0v) is 21.7. The number of aliphatic imine (C=N–C) groups is 1.